The minimum atomic E-state index is -0.443. The molecule has 66 valence electrons. The van der Waals surface area contributed by atoms with Crippen LogP contribution in [0.15, 0.2) is 17.1 Å². The van der Waals surface area contributed by atoms with Gasteiger partial charge in [-0.2, -0.15) is 0 Å². The Morgan fingerprint density at radius 2 is 2.58 bits per heavy atom. The van der Waals surface area contributed by atoms with E-state index < -0.39 is 11.8 Å². The van der Waals surface area contributed by atoms with Gasteiger partial charge in [0.25, 0.3) is 0 Å². The fraction of sp³-hybridized carbons (Fsp3) is 0.429. The molecule has 1 atom stereocenters. The highest BCUT2D eigenvalue weighted by Crippen LogP contribution is 1.95. The van der Waals surface area contributed by atoms with Crippen molar-refractivity contribution in [2.45, 2.75) is 13.0 Å². The first-order valence-electron chi connectivity index (χ1n) is 3.66. The monoisotopic (exact) mass is 169 g/mol. The van der Waals surface area contributed by atoms with Crippen LogP contribution in [0, 0.1) is 0 Å². The van der Waals surface area contributed by atoms with Gasteiger partial charge in [-0.1, -0.05) is 0 Å². The number of hydrogen-bond donors (Lipinski definition) is 3. The van der Waals surface area contributed by atoms with Crippen LogP contribution in [0.2, 0.25) is 0 Å². The average molecular weight is 169 g/mol. The van der Waals surface area contributed by atoms with Gasteiger partial charge in [-0.05, 0) is 13.0 Å². The molecule has 1 unspecified atom stereocenters. The lowest BCUT2D eigenvalue weighted by molar-refractivity contribution is 0.208. The molecule has 0 aliphatic heterocycles. The van der Waals surface area contributed by atoms with Gasteiger partial charge in [-0.3, -0.25) is 4.98 Å². The Hall–Kier alpha value is -1.36. The van der Waals surface area contributed by atoms with E-state index in [1.165, 1.54) is 6.20 Å². The number of H-pyrrole nitrogens is 1. The van der Waals surface area contributed by atoms with E-state index in [2.05, 4.69) is 15.3 Å². The lowest BCUT2D eigenvalue weighted by atomic mass is 10.4. The fourth-order valence-corrected chi connectivity index (χ4v) is 0.729. The molecule has 0 radical (unpaired) electrons. The molecule has 0 saturated carbocycles. The highest BCUT2D eigenvalue weighted by atomic mass is 16.3. The summed E-state index contributed by atoms with van der Waals surface area (Å²) in [6, 6.07) is 1.63. The molecule has 5 heteroatoms. The maximum absolute atomic E-state index is 10.7. The third-order valence-electron chi connectivity index (χ3n) is 1.26. The molecule has 3 N–H and O–H groups in total. The van der Waals surface area contributed by atoms with E-state index in [0.717, 1.165) is 0 Å². The highest BCUT2D eigenvalue weighted by molar-refractivity contribution is 5.31. The van der Waals surface area contributed by atoms with E-state index in [1.807, 2.05) is 0 Å². The minimum Gasteiger partial charge on any atom is -0.392 e. The van der Waals surface area contributed by atoms with E-state index in [1.54, 1.807) is 13.0 Å². The van der Waals surface area contributed by atoms with Crippen LogP contribution in [0.1, 0.15) is 6.92 Å². The van der Waals surface area contributed by atoms with Gasteiger partial charge in [0.15, 0.2) is 0 Å². The summed E-state index contributed by atoms with van der Waals surface area (Å²) in [5.41, 5.74) is -0.398. The molecular formula is C7H11N3O2. The molecule has 0 aliphatic carbocycles. The van der Waals surface area contributed by atoms with Gasteiger partial charge in [0.05, 0.1) is 6.10 Å². The molecule has 1 rings (SSSR count). The molecule has 1 aromatic heterocycles. The van der Waals surface area contributed by atoms with Crippen molar-refractivity contribution < 1.29 is 5.11 Å². The van der Waals surface area contributed by atoms with E-state index in [-0.39, 0.29) is 0 Å². The number of aliphatic hydroxyl groups excluding tert-OH is 1. The van der Waals surface area contributed by atoms with Crippen molar-refractivity contribution >= 4 is 5.82 Å². The molecule has 0 aliphatic rings. The van der Waals surface area contributed by atoms with Crippen molar-refractivity contribution in [2.75, 3.05) is 11.9 Å². The SMILES string of the molecule is CC(O)CNc1ccnc(=O)[nH]1. The first-order valence-corrected chi connectivity index (χ1v) is 3.66. The maximum atomic E-state index is 10.7. The van der Waals surface area contributed by atoms with Crippen molar-refractivity contribution in [1.82, 2.24) is 9.97 Å². The Bertz CT molecular complexity index is 295. The first-order chi connectivity index (χ1) is 5.68. The third kappa shape index (κ3) is 2.71. The fourth-order valence-electron chi connectivity index (χ4n) is 0.729. The zero-order valence-electron chi connectivity index (χ0n) is 6.74. The summed E-state index contributed by atoms with van der Waals surface area (Å²) in [6.07, 6.45) is 0.963. The average Bonchev–Trinajstić information content (AvgIpc) is 2.01. The molecule has 0 spiro atoms. The van der Waals surface area contributed by atoms with Crippen molar-refractivity contribution in [3.63, 3.8) is 0 Å². The van der Waals surface area contributed by atoms with Crippen LogP contribution in [-0.4, -0.2) is 27.7 Å². The Labute approximate surface area is 69.5 Å². The summed E-state index contributed by atoms with van der Waals surface area (Å²) in [5.74, 6) is 0.566. The molecular weight excluding hydrogens is 158 g/mol. The van der Waals surface area contributed by atoms with E-state index in [9.17, 15) is 4.79 Å². The van der Waals surface area contributed by atoms with Crippen LogP contribution in [-0.2, 0) is 0 Å². The van der Waals surface area contributed by atoms with Crippen molar-refractivity contribution in [1.29, 1.82) is 0 Å². The van der Waals surface area contributed by atoms with Gasteiger partial charge < -0.3 is 10.4 Å². The molecule has 0 amide bonds. The zero-order valence-corrected chi connectivity index (χ0v) is 6.74. The van der Waals surface area contributed by atoms with Crippen molar-refractivity contribution in [2.24, 2.45) is 0 Å². The van der Waals surface area contributed by atoms with Gasteiger partial charge >= 0.3 is 5.69 Å². The number of aromatic amines is 1. The second kappa shape index (κ2) is 3.87. The van der Waals surface area contributed by atoms with Crippen LogP contribution in [0.4, 0.5) is 5.82 Å². The summed E-state index contributed by atoms with van der Waals surface area (Å²) in [5, 5.41) is 11.8. The lowest BCUT2D eigenvalue weighted by Gasteiger charge is -2.06. The Morgan fingerprint density at radius 3 is 3.17 bits per heavy atom. The molecule has 5 nitrogen and oxygen atoms in total. The quantitative estimate of drug-likeness (QED) is 0.573. The number of aliphatic hydroxyl groups is 1. The maximum Gasteiger partial charge on any atom is 0.346 e. The lowest BCUT2D eigenvalue weighted by Crippen LogP contribution is -2.19. The normalized spacial score (nSPS) is 12.5. The number of nitrogens with one attached hydrogen (secondary N) is 2. The number of aromatic nitrogens is 2. The van der Waals surface area contributed by atoms with Crippen LogP contribution < -0.4 is 11.0 Å². The van der Waals surface area contributed by atoms with Gasteiger partial charge in [0.2, 0.25) is 0 Å². The minimum absolute atomic E-state index is 0.398. The predicted molar refractivity (Wildman–Crippen MR) is 45.0 cm³/mol. The second-order valence-electron chi connectivity index (χ2n) is 2.52. The molecule has 12 heavy (non-hydrogen) atoms. The van der Waals surface area contributed by atoms with E-state index in [0.29, 0.717) is 12.4 Å². The topological polar surface area (TPSA) is 78.0 Å². The first kappa shape index (κ1) is 8.73. The Balaban J connectivity index is 2.58. The Kier molecular flexibility index (Phi) is 2.82. The summed E-state index contributed by atoms with van der Waals surface area (Å²) in [6.45, 7) is 2.06. The molecule has 0 saturated heterocycles. The van der Waals surface area contributed by atoms with Crippen molar-refractivity contribution in [3.05, 3.63) is 22.7 Å². The second-order valence-corrected chi connectivity index (χ2v) is 2.52. The van der Waals surface area contributed by atoms with Gasteiger partial charge in [0, 0.05) is 12.7 Å². The predicted octanol–water partition coefficient (Wildman–Crippen LogP) is -0.437. The van der Waals surface area contributed by atoms with Gasteiger partial charge in [-0.15, -0.1) is 0 Å². The number of hydrogen-bond acceptors (Lipinski definition) is 4. The van der Waals surface area contributed by atoms with E-state index in [4.69, 9.17) is 5.11 Å². The smallest absolute Gasteiger partial charge is 0.346 e. The number of anilines is 1. The van der Waals surface area contributed by atoms with Crippen molar-refractivity contribution in [3.8, 4) is 0 Å². The number of rotatable bonds is 3. The van der Waals surface area contributed by atoms with E-state index >= 15 is 0 Å². The van der Waals surface area contributed by atoms with Gasteiger partial charge in [0.1, 0.15) is 5.82 Å². The summed E-state index contributed by atoms with van der Waals surface area (Å²) >= 11 is 0. The Morgan fingerprint density at radius 1 is 1.83 bits per heavy atom. The molecule has 0 aromatic carbocycles. The molecule has 1 aromatic rings. The largest absolute Gasteiger partial charge is 0.392 e. The van der Waals surface area contributed by atoms with Crippen LogP contribution >= 0.6 is 0 Å². The third-order valence-corrected chi connectivity index (χ3v) is 1.26. The summed E-state index contributed by atoms with van der Waals surface area (Å²) < 4.78 is 0. The standard InChI is InChI=1S/C7H11N3O2/c1-5(11)4-9-6-2-3-8-7(12)10-6/h2-3,5,11H,4H2,1H3,(H2,8,9,10,12). The van der Waals surface area contributed by atoms with Crippen LogP contribution in [0.3, 0.4) is 0 Å². The highest BCUT2D eigenvalue weighted by Gasteiger charge is 1.95. The molecule has 1 heterocycles. The van der Waals surface area contributed by atoms with Crippen LogP contribution in [0.25, 0.3) is 0 Å². The van der Waals surface area contributed by atoms with Crippen LogP contribution in [0.5, 0.6) is 0 Å². The molecule has 0 bridgehead atoms. The molecule has 0 fully saturated rings. The summed E-state index contributed by atoms with van der Waals surface area (Å²) in [4.78, 5) is 16.6. The van der Waals surface area contributed by atoms with Gasteiger partial charge in [-0.25, -0.2) is 9.78 Å². The summed E-state index contributed by atoms with van der Waals surface area (Å²) in [7, 11) is 0. The number of nitrogens with zero attached hydrogens (tertiary/aromatic N) is 1. The zero-order chi connectivity index (χ0) is 8.97.